The predicted octanol–water partition coefficient (Wildman–Crippen LogP) is 4.52. The molecule has 0 saturated heterocycles. The Morgan fingerprint density at radius 1 is 1.21 bits per heavy atom. The number of carbonyl (C=O) groups excluding carboxylic acids is 2. The van der Waals surface area contributed by atoms with Crippen molar-refractivity contribution in [2.45, 2.75) is 33.4 Å². The summed E-state index contributed by atoms with van der Waals surface area (Å²) in [6, 6.07) is 5.39. The Labute approximate surface area is 166 Å². The summed E-state index contributed by atoms with van der Waals surface area (Å²) < 4.78 is 44.3. The number of nitrogens with one attached hydrogen (secondary N) is 2. The molecule has 2 aromatic rings. The van der Waals surface area contributed by atoms with Crippen molar-refractivity contribution in [3.8, 4) is 0 Å². The summed E-state index contributed by atoms with van der Waals surface area (Å²) >= 11 is 0. The molecule has 3 amide bonds. The summed E-state index contributed by atoms with van der Waals surface area (Å²) in [5.74, 6) is 0.382. The van der Waals surface area contributed by atoms with E-state index < -0.39 is 23.7 Å². The summed E-state index contributed by atoms with van der Waals surface area (Å²) in [7, 11) is 0. The van der Waals surface area contributed by atoms with Gasteiger partial charge in [-0.15, -0.1) is 0 Å². The molecule has 1 aromatic carbocycles. The Bertz CT molecular complexity index is 849. The lowest BCUT2D eigenvalue weighted by Gasteiger charge is -2.24. The Morgan fingerprint density at radius 3 is 2.48 bits per heavy atom. The van der Waals surface area contributed by atoms with Crippen LogP contribution in [0.15, 0.2) is 34.9 Å². The van der Waals surface area contributed by atoms with Gasteiger partial charge in [0.1, 0.15) is 12.3 Å². The van der Waals surface area contributed by atoms with Crippen molar-refractivity contribution >= 4 is 23.4 Å². The van der Waals surface area contributed by atoms with Crippen LogP contribution in [0.5, 0.6) is 0 Å². The molecule has 2 rings (SSSR count). The quantitative estimate of drug-likeness (QED) is 0.700. The zero-order valence-corrected chi connectivity index (χ0v) is 16.3. The van der Waals surface area contributed by atoms with E-state index in [4.69, 9.17) is 4.52 Å². The molecule has 1 heterocycles. The van der Waals surface area contributed by atoms with Gasteiger partial charge < -0.3 is 20.1 Å². The Kier molecular flexibility index (Phi) is 7.24. The molecule has 158 valence electrons. The summed E-state index contributed by atoms with van der Waals surface area (Å²) in [5, 5.41) is 8.39. The van der Waals surface area contributed by atoms with Gasteiger partial charge in [-0.3, -0.25) is 4.79 Å². The standard InChI is InChI=1S/C19H23F3N4O3/c1-12(2)8-9-26(11-17(27)24-16-10-13(3)29-25-16)18(28)23-15-7-5-4-6-14(15)19(20,21)22/h4-7,10,12H,8-9,11H2,1-3H3,(H,23,28)(H,24,25,27). The van der Waals surface area contributed by atoms with Crippen molar-refractivity contribution in [3.05, 3.63) is 41.7 Å². The molecule has 0 radical (unpaired) electrons. The topological polar surface area (TPSA) is 87.5 Å². The molecular formula is C19H23F3N4O3. The first-order chi connectivity index (χ1) is 13.6. The van der Waals surface area contributed by atoms with Crippen LogP contribution in [-0.4, -0.2) is 35.1 Å². The predicted molar refractivity (Wildman–Crippen MR) is 101 cm³/mol. The van der Waals surface area contributed by atoms with Gasteiger partial charge in [0.15, 0.2) is 5.82 Å². The van der Waals surface area contributed by atoms with E-state index in [1.54, 1.807) is 6.92 Å². The number of benzene rings is 1. The van der Waals surface area contributed by atoms with Gasteiger partial charge in [0.25, 0.3) is 0 Å². The highest BCUT2D eigenvalue weighted by atomic mass is 19.4. The second kappa shape index (κ2) is 9.44. The molecule has 0 atom stereocenters. The van der Waals surface area contributed by atoms with Crippen LogP contribution in [0.3, 0.4) is 0 Å². The van der Waals surface area contributed by atoms with Crippen molar-refractivity contribution in [3.63, 3.8) is 0 Å². The molecule has 2 N–H and O–H groups in total. The van der Waals surface area contributed by atoms with Gasteiger partial charge in [0.2, 0.25) is 5.91 Å². The molecule has 29 heavy (non-hydrogen) atoms. The number of aromatic nitrogens is 1. The lowest BCUT2D eigenvalue weighted by Crippen LogP contribution is -2.41. The molecular weight excluding hydrogens is 389 g/mol. The Hall–Kier alpha value is -3.04. The second-order valence-corrected chi connectivity index (χ2v) is 6.95. The van der Waals surface area contributed by atoms with Gasteiger partial charge in [-0.05, 0) is 31.4 Å². The SMILES string of the molecule is Cc1cc(NC(=O)CN(CCC(C)C)C(=O)Nc2ccccc2C(F)(F)F)no1. The number of alkyl halides is 3. The van der Waals surface area contributed by atoms with Gasteiger partial charge in [-0.25, -0.2) is 4.79 Å². The number of halogens is 3. The molecule has 0 bridgehead atoms. The third-order valence-electron chi connectivity index (χ3n) is 3.97. The minimum atomic E-state index is -4.62. The summed E-state index contributed by atoms with van der Waals surface area (Å²) in [6.45, 7) is 5.38. The highest BCUT2D eigenvalue weighted by molar-refractivity contribution is 5.96. The molecule has 7 nitrogen and oxygen atoms in total. The van der Waals surface area contributed by atoms with Crippen LogP contribution >= 0.6 is 0 Å². The molecule has 0 aliphatic carbocycles. The molecule has 0 aliphatic rings. The molecule has 0 unspecified atom stereocenters. The van der Waals surface area contributed by atoms with E-state index in [0.29, 0.717) is 12.2 Å². The molecule has 0 saturated carbocycles. The first-order valence-electron chi connectivity index (χ1n) is 9.01. The first-order valence-corrected chi connectivity index (χ1v) is 9.01. The molecule has 1 aromatic heterocycles. The number of hydrogen-bond donors (Lipinski definition) is 2. The summed E-state index contributed by atoms with van der Waals surface area (Å²) in [4.78, 5) is 26.1. The maximum Gasteiger partial charge on any atom is 0.418 e. The number of rotatable bonds is 7. The number of urea groups is 1. The maximum atomic E-state index is 13.2. The number of para-hydroxylation sites is 1. The van der Waals surface area contributed by atoms with E-state index in [-0.39, 0.29) is 30.5 Å². The van der Waals surface area contributed by atoms with E-state index in [0.717, 1.165) is 11.0 Å². The Morgan fingerprint density at radius 2 is 1.90 bits per heavy atom. The number of aryl methyl sites for hydroxylation is 1. The number of amides is 3. The zero-order valence-electron chi connectivity index (χ0n) is 16.3. The van der Waals surface area contributed by atoms with Crippen LogP contribution in [0, 0.1) is 12.8 Å². The zero-order chi connectivity index (χ0) is 21.6. The van der Waals surface area contributed by atoms with Gasteiger partial charge in [-0.1, -0.05) is 31.1 Å². The van der Waals surface area contributed by atoms with Gasteiger partial charge in [0.05, 0.1) is 11.3 Å². The number of carbonyl (C=O) groups is 2. The first kappa shape index (κ1) is 22.3. The van der Waals surface area contributed by atoms with Gasteiger partial charge in [-0.2, -0.15) is 13.2 Å². The molecule has 0 aliphatic heterocycles. The third-order valence-corrected chi connectivity index (χ3v) is 3.97. The third kappa shape index (κ3) is 6.81. The number of nitrogens with zero attached hydrogens (tertiary/aromatic N) is 2. The average molecular weight is 412 g/mol. The molecule has 10 heteroatoms. The second-order valence-electron chi connectivity index (χ2n) is 6.95. The van der Waals surface area contributed by atoms with Crippen LogP contribution in [0.2, 0.25) is 0 Å². The minimum absolute atomic E-state index is 0.194. The van der Waals surface area contributed by atoms with E-state index in [9.17, 15) is 22.8 Å². The Balaban J connectivity index is 2.12. The fourth-order valence-corrected chi connectivity index (χ4v) is 2.48. The fourth-order valence-electron chi connectivity index (χ4n) is 2.48. The van der Waals surface area contributed by atoms with Crippen molar-refractivity contribution in [1.29, 1.82) is 0 Å². The number of hydrogen-bond acceptors (Lipinski definition) is 4. The van der Waals surface area contributed by atoms with E-state index in [1.807, 2.05) is 13.8 Å². The van der Waals surface area contributed by atoms with E-state index in [1.165, 1.54) is 24.3 Å². The number of anilines is 2. The molecule has 0 spiro atoms. The van der Waals surface area contributed by atoms with Crippen LogP contribution in [0.1, 0.15) is 31.6 Å². The van der Waals surface area contributed by atoms with Crippen molar-refractivity contribution in [2.75, 3.05) is 23.7 Å². The van der Waals surface area contributed by atoms with Crippen molar-refractivity contribution in [1.82, 2.24) is 10.1 Å². The lowest BCUT2D eigenvalue weighted by molar-refractivity contribution is -0.137. The van der Waals surface area contributed by atoms with E-state index in [2.05, 4.69) is 15.8 Å². The summed E-state index contributed by atoms with van der Waals surface area (Å²) in [6.07, 6.45) is -4.04. The smallest absolute Gasteiger partial charge is 0.360 e. The van der Waals surface area contributed by atoms with E-state index >= 15 is 0 Å². The van der Waals surface area contributed by atoms with Gasteiger partial charge in [0, 0.05) is 12.6 Å². The van der Waals surface area contributed by atoms with Gasteiger partial charge >= 0.3 is 12.2 Å². The fraction of sp³-hybridized carbons (Fsp3) is 0.421. The summed E-state index contributed by atoms with van der Waals surface area (Å²) in [5.41, 5.74) is -1.33. The van der Waals surface area contributed by atoms with Crippen LogP contribution in [0.4, 0.5) is 29.5 Å². The van der Waals surface area contributed by atoms with Crippen molar-refractivity contribution in [2.24, 2.45) is 5.92 Å². The highest BCUT2D eigenvalue weighted by Gasteiger charge is 2.34. The van der Waals surface area contributed by atoms with Crippen LogP contribution < -0.4 is 10.6 Å². The van der Waals surface area contributed by atoms with Crippen LogP contribution in [0.25, 0.3) is 0 Å². The lowest BCUT2D eigenvalue weighted by atomic mass is 10.1. The molecule has 0 fully saturated rings. The normalized spacial score (nSPS) is 11.4. The maximum absolute atomic E-state index is 13.2. The van der Waals surface area contributed by atoms with Crippen LogP contribution in [-0.2, 0) is 11.0 Å². The monoisotopic (exact) mass is 412 g/mol. The highest BCUT2D eigenvalue weighted by Crippen LogP contribution is 2.34. The minimum Gasteiger partial charge on any atom is -0.360 e. The largest absolute Gasteiger partial charge is 0.418 e. The average Bonchev–Trinajstić information content (AvgIpc) is 3.02. The van der Waals surface area contributed by atoms with Crippen molar-refractivity contribution < 1.29 is 27.3 Å².